The molecule has 6 heteroatoms. The van der Waals surface area contributed by atoms with Gasteiger partial charge in [0.15, 0.2) is 0 Å². The molecule has 0 radical (unpaired) electrons. The second-order valence-corrected chi connectivity index (χ2v) is 4.27. The molecule has 0 aliphatic carbocycles. The number of aromatic nitrogens is 1. The van der Waals surface area contributed by atoms with Crippen molar-refractivity contribution in [1.82, 2.24) is 4.57 Å². The number of nitrogens with two attached hydrogens (primary N) is 1. The Kier molecular flexibility index (Phi) is 2.41. The molecule has 0 amide bonds. The fourth-order valence-corrected chi connectivity index (χ4v) is 2.22. The summed E-state index contributed by atoms with van der Waals surface area (Å²) in [7, 11) is 0. The van der Waals surface area contributed by atoms with Crippen LogP contribution >= 0.6 is 15.9 Å². The molecule has 0 aliphatic heterocycles. The monoisotopic (exact) mass is 292 g/mol. The van der Waals surface area contributed by atoms with E-state index in [1.807, 2.05) is 0 Å². The van der Waals surface area contributed by atoms with E-state index in [4.69, 9.17) is 5.73 Å². The molecule has 0 atom stereocenters. The molecule has 0 aliphatic rings. The number of rotatable bonds is 0. The molecule has 0 bridgehead atoms. The Morgan fingerprint density at radius 1 is 1.31 bits per heavy atom. The van der Waals surface area contributed by atoms with E-state index in [9.17, 15) is 13.2 Å². The lowest BCUT2D eigenvalue weighted by molar-refractivity contribution is -0.201. The van der Waals surface area contributed by atoms with Gasteiger partial charge in [-0.15, -0.1) is 13.2 Å². The average molecular weight is 293 g/mol. The summed E-state index contributed by atoms with van der Waals surface area (Å²) in [5.41, 5.74) is 6.21. The first-order valence-corrected chi connectivity index (χ1v) is 5.25. The van der Waals surface area contributed by atoms with Gasteiger partial charge in [0, 0.05) is 21.2 Å². The van der Waals surface area contributed by atoms with Gasteiger partial charge in [-0.25, -0.2) is 0 Å². The van der Waals surface area contributed by atoms with E-state index in [1.165, 1.54) is 25.1 Å². The zero-order valence-corrected chi connectivity index (χ0v) is 9.85. The van der Waals surface area contributed by atoms with E-state index in [0.717, 1.165) is 0 Å². The number of benzene rings is 1. The third-order valence-corrected chi connectivity index (χ3v) is 3.41. The maximum atomic E-state index is 12.8. The minimum absolute atomic E-state index is 0.103. The molecular weight excluding hydrogens is 285 g/mol. The lowest BCUT2D eigenvalue weighted by atomic mass is 10.2. The lowest BCUT2D eigenvalue weighted by Gasteiger charge is -2.11. The van der Waals surface area contributed by atoms with Gasteiger partial charge in [-0.1, -0.05) is 0 Å². The fourth-order valence-electron chi connectivity index (χ4n) is 1.72. The molecule has 1 aromatic heterocycles. The minimum atomic E-state index is -4.43. The van der Waals surface area contributed by atoms with Crippen molar-refractivity contribution in [2.24, 2.45) is 0 Å². The Bertz CT molecular complexity index is 557. The Balaban J connectivity index is 2.90. The summed E-state index contributed by atoms with van der Waals surface area (Å²) in [4.78, 5) is 0. The maximum absolute atomic E-state index is 12.8. The Labute approximate surface area is 98.0 Å². The third-order valence-electron chi connectivity index (χ3n) is 2.40. The molecule has 0 spiro atoms. The van der Waals surface area contributed by atoms with Crippen molar-refractivity contribution in [3.63, 3.8) is 0 Å². The summed E-state index contributed by atoms with van der Waals surface area (Å²) in [6.07, 6.45) is -4.43. The van der Waals surface area contributed by atoms with Gasteiger partial charge >= 0.3 is 6.30 Å². The van der Waals surface area contributed by atoms with Crippen molar-refractivity contribution in [2.75, 3.05) is 5.73 Å². The zero-order valence-electron chi connectivity index (χ0n) is 8.27. The highest BCUT2D eigenvalue weighted by atomic mass is 79.9. The summed E-state index contributed by atoms with van der Waals surface area (Å²) in [5.74, 6) is 0. The number of fused-ring (bicyclic) bond motifs is 1. The van der Waals surface area contributed by atoms with Crippen molar-refractivity contribution < 1.29 is 13.2 Å². The van der Waals surface area contributed by atoms with Gasteiger partial charge in [-0.2, -0.15) is 0 Å². The quantitative estimate of drug-likeness (QED) is 0.736. The molecule has 0 saturated carbocycles. The van der Waals surface area contributed by atoms with E-state index in [0.29, 0.717) is 20.1 Å². The number of hydrogen-bond acceptors (Lipinski definition) is 1. The van der Waals surface area contributed by atoms with Gasteiger partial charge in [0.25, 0.3) is 0 Å². The lowest BCUT2D eigenvalue weighted by Crippen LogP contribution is -2.17. The maximum Gasteiger partial charge on any atom is 0.489 e. The van der Waals surface area contributed by atoms with Crippen molar-refractivity contribution in [1.29, 1.82) is 0 Å². The molecule has 2 aromatic rings. The summed E-state index contributed by atoms with van der Waals surface area (Å²) in [6, 6.07) is 4.35. The molecule has 0 unspecified atom stereocenters. The van der Waals surface area contributed by atoms with E-state index in [1.54, 1.807) is 0 Å². The Morgan fingerprint density at radius 3 is 2.50 bits per heavy atom. The van der Waals surface area contributed by atoms with Crippen LogP contribution in [0.2, 0.25) is 0 Å². The highest BCUT2D eigenvalue weighted by Crippen LogP contribution is 2.37. The van der Waals surface area contributed by atoms with Crippen molar-refractivity contribution in [3.8, 4) is 0 Å². The number of alkyl halides is 3. The van der Waals surface area contributed by atoms with Crippen LogP contribution in [0.1, 0.15) is 5.69 Å². The standard InChI is InChI=1S/C10H8BrF3N2/c1-5-9(11)7-4-6(15)2-3-8(7)16(5)10(12,13)14/h2-4H,15H2,1H3. The summed E-state index contributed by atoms with van der Waals surface area (Å²) in [6.45, 7) is 1.41. The normalized spacial score (nSPS) is 12.3. The molecular formula is C10H8BrF3N2. The number of halogens is 4. The van der Waals surface area contributed by atoms with Crippen LogP contribution in [0.5, 0.6) is 0 Å². The van der Waals surface area contributed by atoms with Gasteiger partial charge < -0.3 is 5.73 Å². The van der Waals surface area contributed by atoms with Crippen LogP contribution in [0.15, 0.2) is 22.7 Å². The second-order valence-electron chi connectivity index (χ2n) is 3.48. The molecule has 86 valence electrons. The summed E-state index contributed by atoms with van der Waals surface area (Å²) < 4.78 is 39.2. The van der Waals surface area contributed by atoms with Crippen LogP contribution in [0.25, 0.3) is 10.9 Å². The molecule has 0 fully saturated rings. The van der Waals surface area contributed by atoms with Crippen LogP contribution in [0.3, 0.4) is 0 Å². The van der Waals surface area contributed by atoms with Crippen molar-refractivity contribution in [2.45, 2.75) is 13.2 Å². The first-order chi connectivity index (χ1) is 7.32. The minimum Gasteiger partial charge on any atom is -0.399 e. The van der Waals surface area contributed by atoms with Crippen LogP contribution in [-0.4, -0.2) is 4.57 Å². The SMILES string of the molecule is Cc1c(Br)c2cc(N)ccc2n1C(F)(F)F. The van der Waals surface area contributed by atoms with Crippen LogP contribution in [-0.2, 0) is 6.30 Å². The summed E-state index contributed by atoms with van der Waals surface area (Å²) in [5, 5.41) is 0.467. The smallest absolute Gasteiger partial charge is 0.399 e. The molecule has 1 aromatic carbocycles. The number of nitrogens with zero attached hydrogens (tertiary/aromatic N) is 1. The van der Waals surface area contributed by atoms with Crippen LogP contribution in [0, 0.1) is 6.92 Å². The first-order valence-electron chi connectivity index (χ1n) is 4.45. The molecule has 16 heavy (non-hydrogen) atoms. The topological polar surface area (TPSA) is 30.9 Å². The molecule has 1 heterocycles. The average Bonchev–Trinajstić information content (AvgIpc) is 2.40. The Morgan fingerprint density at radius 2 is 1.94 bits per heavy atom. The Hall–Kier alpha value is -1.17. The largest absolute Gasteiger partial charge is 0.489 e. The van der Waals surface area contributed by atoms with Crippen molar-refractivity contribution >= 4 is 32.5 Å². The van der Waals surface area contributed by atoms with Crippen molar-refractivity contribution in [3.05, 3.63) is 28.4 Å². The second kappa shape index (κ2) is 3.41. The van der Waals surface area contributed by atoms with E-state index in [-0.39, 0.29) is 11.2 Å². The van der Waals surface area contributed by atoms with Gasteiger partial charge in [-0.3, -0.25) is 4.57 Å². The predicted molar refractivity (Wildman–Crippen MR) is 60.1 cm³/mol. The van der Waals surface area contributed by atoms with Gasteiger partial charge in [0.05, 0.1) is 5.52 Å². The van der Waals surface area contributed by atoms with Crippen LogP contribution in [0.4, 0.5) is 18.9 Å². The third kappa shape index (κ3) is 1.57. The predicted octanol–water partition coefficient (Wildman–Crippen LogP) is 3.77. The molecule has 2 nitrogen and oxygen atoms in total. The number of hydrogen-bond donors (Lipinski definition) is 1. The van der Waals surface area contributed by atoms with Gasteiger partial charge in [0.1, 0.15) is 0 Å². The van der Waals surface area contributed by atoms with E-state index < -0.39 is 6.30 Å². The highest BCUT2D eigenvalue weighted by molar-refractivity contribution is 9.10. The van der Waals surface area contributed by atoms with Gasteiger partial charge in [-0.05, 0) is 41.1 Å². The number of nitrogen functional groups attached to an aromatic ring is 1. The molecule has 0 saturated heterocycles. The number of anilines is 1. The molecule has 2 rings (SSSR count). The first kappa shape index (κ1) is 11.3. The highest BCUT2D eigenvalue weighted by Gasteiger charge is 2.34. The van der Waals surface area contributed by atoms with E-state index in [2.05, 4.69) is 15.9 Å². The molecule has 2 N–H and O–H groups in total. The summed E-state index contributed by atoms with van der Waals surface area (Å²) >= 11 is 3.15. The van der Waals surface area contributed by atoms with E-state index >= 15 is 0 Å². The van der Waals surface area contributed by atoms with Crippen LogP contribution < -0.4 is 5.73 Å². The zero-order chi connectivity index (χ0) is 12.1. The fraction of sp³-hybridized carbons (Fsp3) is 0.200. The van der Waals surface area contributed by atoms with Gasteiger partial charge in [0.2, 0.25) is 0 Å².